The zero-order chi connectivity index (χ0) is 15.8. The smallest absolute Gasteiger partial charge is 0.280 e. The van der Waals surface area contributed by atoms with Gasteiger partial charge in [0, 0.05) is 24.2 Å². The number of benzene rings is 2. The van der Waals surface area contributed by atoms with Gasteiger partial charge in [-0.2, -0.15) is 0 Å². The number of nitro groups is 1. The molecule has 0 fully saturated rings. The SMILES string of the molecule is O=[N+]([O-])c1cccc2nc3ccccc3c(N3C=CC=CC3)c12. The molecule has 0 aliphatic carbocycles. The van der Waals surface area contributed by atoms with Gasteiger partial charge in [0.25, 0.3) is 5.69 Å². The van der Waals surface area contributed by atoms with E-state index in [-0.39, 0.29) is 10.6 Å². The number of rotatable bonds is 2. The van der Waals surface area contributed by atoms with Crippen LogP contribution in [-0.4, -0.2) is 16.5 Å². The van der Waals surface area contributed by atoms with E-state index >= 15 is 0 Å². The molecule has 4 rings (SSSR count). The summed E-state index contributed by atoms with van der Waals surface area (Å²) < 4.78 is 0. The average Bonchev–Trinajstić information content (AvgIpc) is 2.59. The van der Waals surface area contributed by atoms with E-state index in [1.807, 2.05) is 59.7 Å². The van der Waals surface area contributed by atoms with Crippen LogP contribution in [0, 0.1) is 10.1 Å². The first kappa shape index (κ1) is 13.5. The van der Waals surface area contributed by atoms with Crippen molar-refractivity contribution in [1.29, 1.82) is 0 Å². The predicted molar refractivity (Wildman–Crippen MR) is 91.5 cm³/mol. The molecule has 5 nitrogen and oxygen atoms in total. The highest BCUT2D eigenvalue weighted by Gasteiger charge is 2.21. The number of aromatic nitrogens is 1. The number of nitrogens with zero attached hydrogens (tertiary/aromatic N) is 3. The molecule has 3 aromatic rings. The number of hydrogen-bond acceptors (Lipinski definition) is 4. The molecule has 0 bridgehead atoms. The fourth-order valence-corrected chi connectivity index (χ4v) is 2.98. The summed E-state index contributed by atoms with van der Waals surface area (Å²) in [7, 11) is 0. The summed E-state index contributed by atoms with van der Waals surface area (Å²) in [5, 5.41) is 13.0. The zero-order valence-electron chi connectivity index (χ0n) is 12.2. The maximum absolute atomic E-state index is 11.5. The largest absolute Gasteiger partial charge is 0.343 e. The number of non-ortho nitro benzene ring substituents is 1. The standard InChI is InChI=1S/C18H13N3O2/c22-21(23)16-10-6-9-15-17(16)18(20-11-4-1-5-12-20)13-7-2-3-8-14(13)19-15/h1-11H,12H2. The molecule has 0 atom stereocenters. The number of para-hydroxylation sites is 1. The van der Waals surface area contributed by atoms with Crippen LogP contribution in [0.4, 0.5) is 11.4 Å². The van der Waals surface area contributed by atoms with Crippen molar-refractivity contribution in [2.24, 2.45) is 0 Å². The van der Waals surface area contributed by atoms with Crippen molar-refractivity contribution in [2.75, 3.05) is 11.4 Å². The van der Waals surface area contributed by atoms with Crippen molar-refractivity contribution in [3.63, 3.8) is 0 Å². The second-order valence-electron chi connectivity index (χ2n) is 5.33. The Kier molecular flexibility index (Phi) is 3.05. The lowest BCUT2D eigenvalue weighted by molar-refractivity contribution is -0.383. The van der Waals surface area contributed by atoms with E-state index in [9.17, 15) is 10.1 Å². The number of pyridine rings is 1. The lowest BCUT2D eigenvalue weighted by Gasteiger charge is -2.24. The molecule has 0 N–H and O–H groups in total. The lowest BCUT2D eigenvalue weighted by Crippen LogP contribution is -2.18. The summed E-state index contributed by atoms with van der Waals surface area (Å²) in [5.41, 5.74) is 2.38. The van der Waals surface area contributed by atoms with E-state index in [2.05, 4.69) is 4.98 Å². The first-order chi connectivity index (χ1) is 11.3. The highest BCUT2D eigenvalue weighted by atomic mass is 16.6. The van der Waals surface area contributed by atoms with Crippen LogP contribution in [0.1, 0.15) is 0 Å². The molecule has 5 heteroatoms. The molecule has 0 amide bonds. The Morgan fingerprint density at radius 2 is 1.87 bits per heavy atom. The maximum atomic E-state index is 11.5. The van der Waals surface area contributed by atoms with Crippen molar-refractivity contribution < 1.29 is 4.92 Å². The minimum atomic E-state index is -0.341. The molecule has 1 aliphatic heterocycles. The second-order valence-corrected chi connectivity index (χ2v) is 5.33. The summed E-state index contributed by atoms with van der Waals surface area (Å²) >= 11 is 0. The fourth-order valence-electron chi connectivity index (χ4n) is 2.98. The molecule has 2 heterocycles. The van der Waals surface area contributed by atoms with Gasteiger partial charge >= 0.3 is 0 Å². The maximum Gasteiger partial charge on any atom is 0.280 e. The zero-order valence-corrected chi connectivity index (χ0v) is 12.2. The van der Waals surface area contributed by atoms with Crippen LogP contribution in [0.5, 0.6) is 0 Å². The van der Waals surface area contributed by atoms with Gasteiger partial charge in [0.05, 0.1) is 21.6 Å². The van der Waals surface area contributed by atoms with Crippen LogP contribution in [-0.2, 0) is 0 Å². The van der Waals surface area contributed by atoms with Gasteiger partial charge in [-0.25, -0.2) is 4.98 Å². The van der Waals surface area contributed by atoms with Gasteiger partial charge in [-0.15, -0.1) is 0 Å². The minimum absolute atomic E-state index is 0.0821. The van der Waals surface area contributed by atoms with Crippen molar-refractivity contribution in [1.82, 2.24) is 4.98 Å². The Balaban J connectivity index is 2.17. The Hall–Kier alpha value is -3.21. The van der Waals surface area contributed by atoms with Gasteiger partial charge < -0.3 is 4.90 Å². The van der Waals surface area contributed by atoms with E-state index in [0.29, 0.717) is 17.4 Å². The third-order valence-corrected chi connectivity index (χ3v) is 3.96. The van der Waals surface area contributed by atoms with Crippen LogP contribution in [0.15, 0.2) is 66.9 Å². The van der Waals surface area contributed by atoms with E-state index in [1.165, 1.54) is 6.07 Å². The van der Waals surface area contributed by atoms with Gasteiger partial charge in [-0.1, -0.05) is 36.4 Å². The first-order valence-corrected chi connectivity index (χ1v) is 7.31. The van der Waals surface area contributed by atoms with Gasteiger partial charge in [0.1, 0.15) is 5.39 Å². The molecule has 112 valence electrons. The highest BCUT2D eigenvalue weighted by molar-refractivity contribution is 6.11. The van der Waals surface area contributed by atoms with Crippen LogP contribution >= 0.6 is 0 Å². The molecular formula is C18H13N3O2. The number of allylic oxidation sites excluding steroid dienone is 2. The Morgan fingerprint density at radius 1 is 1.04 bits per heavy atom. The molecule has 0 saturated heterocycles. The van der Waals surface area contributed by atoms with Crippen molar-refractivity contribution in [2.45, 2.75) is 0 Å². The highest BCUT2D eigenvalue weighted by Crippen LogP contribution is 2.39. The lowest BCUT2D eigenvalue weighted by atomic mass is 10.0. The predicted octanol–water partition coefficient (Wildman–Crippen LogP) is 4.19. The minimum Gasteiger partial charge on any atom is -0.343 e. The third-order valence-electron chi connectivity index (χ3n) is 3.96. The normalized spacial score (nSPS) is 13.8. The van der Waals surface area contributed by atoms with E-state index in [0.717, 1.165) is 16.6 Å². The average molecular weight is 303 g/mol. The molecule has 1 aromatic heterocycles. The van der Waals surface area contributed by atoms with Crippen molar-refractivity contribution >= 4 is 33.2 Å². The summed E-state index contributed by atoms with van der Waals surface area (Å²) in [6.45, 7) is 0.672. The number of nitro benzene ring substituents is 1. The molecule has 0 spiro atoms. The third kappa shape index (κ3) is 2.14. The number of fused-ring (bicyclic) bond motifs is 2. The summed E-state index contributed by atoms with van der Waals surface area (Å²) in [5.74, 6) is 0. The Bertz CT molecular complexity index is 992. The quantitative estimate of drug-likeness (QED) is 0.405. The molecule has 0 saturated carbocycles. The molecule has 23 heavy (non-hydrogen) atoms. The van der Waals surface area contributed by atoms with Gasteiger partial charge in [-0.05, 0) is 18.2 Å². The Morgan fingerprint density at radius 3 is 2.65 bits per heavy atom. The van der Waals surface area contributed by atoms with E-state index < -0.39 is 0 Å². The fraction of sp³-hybridized carbons (Fsp3) is 0.0556. The molecule has 0 radical (unpaired) electrons. The van der Waals surface area contributed by atoms with E-state index in [1.54, 1.807) is 6.07 Å². The van der Waals surface area contributed by atoms with Gasteiger partial charge in [-0.3, -0.25) is 10.1 Å². The Labute approximate surface area is 132 Å². The number of hydrogen-bond donors (Lipinski definition) is 0. The summed E-state index contributed by atoms with van der Waals surface area (Å²) in [6, 6.07) is 12.8. The van der Waals surface area contributed by atoms with Crippen molar-refractivity contribution in [3.05, 3.63) is 77.0 Å². The molecule has 2 aromatic carbocycles. The van der Waals surface area contributed by atoms with Crippen LogP contribution in [0.3, 0.4) is 0 Å². The second kappa shape index (κ2) is 5.21. The number of anilines is 1. The first-order valence-electron chi connectivity index (χ1n) is 7.31. The molecule has 1 aliphatic rings. The van der Waals surface area contributed by atoms with Crippen LogP contribution in [0.2, 0.25) is 0 Å². The summed E-state index contributed by atoms with van der Waals surface area (Å²) in [6.07, 6.45) is 7.86. The summed E-state index contributed by atoms with van der Waals surface area (Å²) in [4.78, 5) is 17.8. The van der Waals surface area contributed by atoms with Gasteiger partial charge in [0.15, 0.2) is 0 Å². The topological polar surface area (TPSA) is 59.3 Å². The molecule has 0 unspecified atom stereocenters. The van der Waals surface area contributed by atoms with Crippen molar-refractivity contribution in [3.8, 4) is 0 Å². The van der Waals surface area contributed by atoms with Crippen LogP contribution < -0.4 is 4.90 Å². The van der Waals surface area contributed by atoms with E-state index in [4.69, 9.17) is 0 Å². The monoisotopic (exact) mass is 303 g/mol. The molecular weight excluding hydrogens is 290 g/mol. The van der Waals surface area contributed by atoms with Gasteiger partial charge in [0.2, 0.25) is 0 Å². The van der Waals surface area contributed by atoms with Crippen LogP contribution in [0.25, 0.3) is 21.8 Å².